The van der Waals surface area contributed by atoms with Crippen LogP contribution in [0.2, 0.25) is 0 Å². The largest absolute Gasteiger partial charge is 0.350 e. The highest BCUT2D eigenvalue weighted by Crippen LogP contribution is 2.17. The number of hydrogen-bond donors (Lipinski definition) is 1. The van der Waals surface area contributed by atoms with E-state index < -0.39 is 6.04 Å². The van der Waals surface area contributed by atoms with E-state index in [2.05, 4.69) is 5.32 Å². The number of carbonyl (C=O) groups excluding carboxylic acids is 2. The molecule has 3 rings (SSSR count). The van der Waals surface area contributed by atoms with Crippen LogP contribution in [-0.4, -0.2) is 34.4 Å². The van der Waals surface area contributed by atoms with Crippen molar-refractivity contribution >= 4 is 11.8 Å². The monoisotopic (exact) mass is 297 g/mol. The molecule has 0 fully saturated rings. The van der Waals surface area contributed by atoms with Crippen LogP contribution in [0.1, 0.15) is 21.6 Å². The van der Waals surface area contributed by atoms with Gasteiger partial charge in [-0.1, -0.05) is 29.8 Å². The summed E-state index contributed by atoms with van der Waals surface area (Å²) < 4.78 is 1.83. The normalized spacial score (nSPS) is 17.3. The molecule has 0 radical (unpaired) electrons. The summed E-state index contributed by atoms with van der Waals surface area (Å²) in [4.78, 5) is 26.2. The summed E-state index contributed by atoms with van der Waals surface area (Å²) in [6.07, 6.45) is 1.83. The van der Waals surface area contributed by atoms with Crippen LogP contribution < -0.4 is 5.32 Å². The lowest BCUT2D eigenvalue weighted by Gasteiger charge is -2.32. The van der Waals surface area contributed by atoms with Crippen molar-refractivity contribution in [2.75, 3.05) is 7.05 Å². The molecule has 1 aliphatic heterocycles. The summed E-state index contributed by atoms with van der Waals surface area (Å²) in [5.41, 5.74) is 2.86. The zero-order valence-electron chi connectivity index (χ0n) is 12.7. The Bertz CT molecular complexity index is 703. The van der Waals surface area contributed by atoms with E-state index >= 15 is 0 Å². The molecule has 114 valence electrons. The van der Waals surface area contributed by atoms with Gasteiger partial charge in [0.15, 0.2) is 0 Å². The Labute approximate surface area is 129 Å². The second-order valence-corrected chi connectivity index (χ2v) is 5.68. The second-order valence-electron chi connectivity index (χ2n) is 5.68. The molecule has 1 aromatic carbocycles. The molecular formula is C17H19N3O2. The predicted molar refractivity (Wildman–Crippen MR) is 83.3 cm³/mol. The Kier molecular flexibility index (Phi) is 3.71. The number of hydrogen-bond acceptors (Lipinski definition) is 2. The topological polar surface area (TPSA) is 54.3 Å². The smallest absolute Gasteiger partial charge is 0.270 e. The molecule has 0 saturated carbocycles. The van der Waals surface area contributed by atoms with Gasteiger partial charge in [-0.25, -0.2) is 0 Å². The van der Waals surface area contributed by atoms with E-state index in [-0.39, 0.29) is 11.8 Å². The van der Waals surface area contributed by atoms with E-state index in [1.165, 1.54) is 10.5 Å². The first-order chi connectivity index (χ1) is 10.6. The third kappa shape index (κ3) is 2.62. The molecule has 22 heavy (non-hydrogen) atoms. The fourth-order valence-electron chi connectivity index (χ4n) is 2.67. The van der Waals surface area contributed by atoms with Gasteiger partial charge in [-0.2, -0.15) is 0 Å². The lowest BCUT2D eigenvalue weighted by atomic mass is 10.1. The first-order valence-electron chi connectivity index (χ1n) is 7.32. The average molecular weight is 297 g/mol. The molecule has 0 bridgehead atoms. The lowest BCUT2D eigenvalue weighted by molar-refractivity contribution is -0.126. The van der Waals surface area contributed by atoms with Gasteiger partial charge in [0.25, 0.3) is 5.91 Å². The molecule has 1 aliphatic rings. The van der Waals surface area contributed by atoms with Gasteiger partial charge in [0.2, 0.25) is 5.91 Å². The van der Waals surface area contributed by atoms with Crippen molar-refractivity contribution in [2.24, 2.45) is 0 Å². The van der Waals surface area contributed by atoms with Crippen molar-refractivity contribution in [2.45, 2.75) is 26.1 Å². The van der Waals surface area contributed by atoms with Crippen LogP contribution in [0.15, 0.2) is 42.6 Å². The number of fused-ring (bicyclic) bond motifs is 1. The number of benzene rings is 1. The Hall–Kier alpha value is -2.56. The highest BCUT2D eigenvalue weighted by molar-refractivity contribution is 5.97. The predicted octanol–water partition coefficient (Wildman–Crippen LogP) is 1.57. The van der Waals surface area contributed by atoms with E-state index in [0.29, 0.717) is 18.8 Å². The van der Waals surface area contributed by atoms with Crippen LogP contribution in [0.5, 0.6) is 0 Å². The summed E-state index contributed by atoms with van der Waals surface area (Å²) in [5, 5.41) is 2.92. The molecule has 1 N–H and O–H groups in total. The van der Waals surface area contributed by atoms with Crippen LogP contribution in [-0.2, 0) is 17.9 Å². The molecule has 2 heterocycles. The zero-order valence-corrected chi connectivity index (χ0v) is 12.7. The average Bonchev–Trinajstić information content (AvgIpc) is 2.98. The van der Waals surface area contributed by atoms with Crippen LogP contribution in [0.25, 0.3) is 0 Å². The van der Waals surface area contributed by atoms with Crippen molar-refractivity contribution in [3.63, 3.8) is 0 Å². The standard InChI is InChI=1S/C17H19N3O2/c1-12-5-7-13(8-6-12)10-18-16(21)15-11-20-9-3-4-14(20)17(22)19(15)2/h3-9,15H,10-11H2,1-2H3,(H,18,21). The summed E-state index contributed by atoms with van der Waals surface area (Å²) in [6, 6.07) is 11.2. The summed E-state index contributed by atoms with van der Waals surface area (Å²) >= 11 is 0. The first kappa shape index (κ1) is 14.4. The minimum atomic E-state index is -0.474. The summed E-state index contributed by atoms with van der Waals surface area (Å²) in [5.74, 6) is -0.248. The fourth-order valence-corrected chi connectivity index (χ4v) is 2.67. The van der Waals surface area contributed by atoms with Gasteiger partial charge in [-0.05, 0) is 24.6 Å². The summed E-state index contributed by atoms with van der Waals surface area (Å²) in [7, 11) is 1.68. The van der Waals surface area contributed by atoms with E-state index in [1.807, 2.05) is 48.0 Å². The Morgan fingerprint density at radius 3 is 2.73 bits per heavy atom. The van der Waals surface area contributed by atoms with Crippen LogP contribution in [0, 0.1) is 6.92 Å². The van der Waals surface area contributed by atoms with Gasteiger partial charge >= 0.3 is 0 Å². The Morgan fingerprint density at radius 1 is 1.27 bits per heavy atom. The van der Waals surface area contributed by atoms with E-state index in [0.717, 1.165) is 5.56 Å². The van der Waals surface area contributed by atoms with Crippen molar-refractivity contribution in [1.82, 2.24) is 14.8 Å². The van der Waals surface area contributed by atoms with Crippen molar-refractivity contribution in [3.8, 4) is 0 Å². The fraction of sp³-hybridized carbons (Fsp3) is 0.294. The molecule has 1 aromatic heterocycles. The number of carbonyl (C=O) groups is 2. The quantitative estimate of drug-likeness (QED) is 0.935. The van der Waals surface area contributed by atoms with Crippen molar-refractivity contribution in [1.29, 1.82) is 0 Å². The van der Waals surface area contributed by atoms with E-state index in [1.54, 1.807) is 13.1 Å². The zero-order chi connectivity index (χ0) is 15.7. The number of amides is 2. The number of rotatable bonds is 3. The van der Waals surface area contributed by atoms with Crippen molar-refractivity contribution in [3.05, 3.63) is 59.4 Å². The highest BCUT2D eigenvalue weighted by Gasteiger charge is 2.33. The third-order valence-corrected chi connectivity index (χ3v) is 4.10. The van der Waals surface area contributed by atoms with Crippen LogP contribution in [0.4, 0.5) is 0 Å². The van der Waals surface area contributed by atoms with Gasteiger partial charge in [-0.3, -0.25) is 9.59 Å². The number of aromatic nitrogens is 1. The molecule has 2 amide bonds. The SMILES string of the molecule is Cc1ccc(CNC(=O)C2Cn3cccc3C(=O)N2C)cc1. The van der Waals surface area contributed by atoms with Gasteiger partial charge in [0, 0.05) is 19.8 Å². The maximum Gasteiger partial charge on any atom is 0.270 e. The number of nitrogens with zero attached hydrogens (tertiary/aromatic N) is 2. The molecular weight excluding hydrogens is 278 g/mol. The molecule has 5 heteroatoms. The van der Waals surface area contributed by atoms with Gasteiger partial charge < -0.3 is 14.8 Å². The molecule has 0 saturated heterocycles. The number of nitrogens with one attached hydrogen (secondary N) is 1. The van der Waals surface area contributed by atoms with Gasteiger partial charge in [-0.15, -0.1) is 0 Å². The maximum absolute atomic E-state index is 12.4. The first-order valence-corrected chi connectivity index (χ1v) is 7.32. The van der Waals surface area contributed by atoms with Crippen LogP contribution in [0.3, 0.4) is 0 Å². The van der Waals surface area contributed by atoms with E-state index in [4.69, 9.17) is 0 Å². The molecule has 0 spiro atoms. The minimum absolute atomic E-state index is 0.119. The number of aryl methyl sites for hydroxylation is 1. The minimum Gasteiger partial charge on any atom is -0.350 e. The highest BCUT2D eigenvalue weighted by atomic mass is 16.2. The molecule has 5 nitrogen and oxygen atoms in total. The molecule has 1 unspecified atom stereocenters. The Morgan fingerprint density at radius 2 is 2.00 bits per heavy atom. The lowest BCUT2D eigenvalue weighted by Crippen LogP contribution is -2.53. The third-order valence-electron chi connectivity index (χ3n) is 4.10. The molecule has 2 aromatic rings. The second kappa shape index (κ2) is 5.67. The van der Waals surface area contributed by atoms with E-state index in [9.17, 15) is 9.59 Å². The summed E-state index contributed by atoms with van der Waals surface area (Å²) in [6.45, 7) is 2.99. The molecule has 0 aliphatic carbocycles. The number of likely N-dealkylation sites (N-methyl/N-ethyl adjacent to an activating group) is 1. The van der Waals surface area contributed by atoms with Crippen LogP contribution >= 0.6 is 0 Å². The maximum atomic E-state index is 12.4. The van der Waals surface area contributed by atoms with Gasteiger partial charge in [0.1, 0.15) is 11.7 Å². The Balaban J connectivity index is 1.67. The molecule has 1 atom stereocenters. The van der Waals surface area contributed by atoms with Crippen molar-refractivity contribution < 1.29 is 9.59 Å². The van der Waals surface area contributed by atoms with Gasteiger partial charge in [0.05, 0.1) is 6.54 Å².